The Morgan fingerprint density at radius 3 is 2.65 bits per heavy atom. The van der Waals surface area contributed by atoms with Crippen LogP contribution in [0.25, 0.3) is 10.8 Å². The average Bonchev–Trinajstić information content (AvgIpc) is 2.70. The van der Waals surface area contributed by atoms with Gasteiger partial charge in [-0.15, -0.1) is 0 Å². The molecular formula is C23H30N2O. The van der Waals surface area contributed by atoms with Crippen molar-refractivity contribution in [2.75, 3.05) is 6.54 Å². The lowest BCUT2D eigenvalue weighted by molar-refractivity contribution is 0.107. The van der Waals surface area contributed by atoms with Crippen LogP contribution in [0.4, 0.5) is 0 Å². The van der Waals surface area contributed by atoms with E-state index in [0.717, 1.165) is 38.6 Å². The Balaban J connectivity index is 1.55. The number of aliphatic hydroxyl groups excluding tert-OH is 1. The van der Waals surface area contributed by atoms with E-state index in [0.29, 0.717) is 11.6 Å². The van der Waals surface area contributed by atoms with Crippen LogP contribution in [0.5, 0.6) is 0 Å². The Morgan fingerprint density at radius 1 is 1.19 bits per heavy atom. The first-order valence-electron chi connectivity index (χ1n) is 9.79. The van der Waals surface area contributed by atoms with Crippen LogP contribution in [0, 0.1) is 5.92 Å². The van der Waals surface area contributed by atoms with E-state index in [1.54, 1.807) is 6.34 Å². The minimum absolute atomic E-state index is 0.284. The smallest absolute Gasteiger partial charge is 0.0960 e. The summed E-state index contributed by atoms with van der Waals surface area (Å²) in [5.74, 6) is 0.877. The highest BCUT2D eigenvalue weighted by Gasteiger charge is 2.28. The molecule has 0 aromatic heterocycles. The Hall–Kier alpha value is -2.13. The number of aliphatic hydroxyl groups is 1. The summed E-state index contributed by atoms with van der Waals surface area (Å²) < 4.78 is 0. The van der Waals surface area contributed by atoms with Gasteiger partial charge >= 0.3 is 0 Å². The molecule has 3 heteroatoms. The number of nitrogens with one attached hydrogen (secondary N) is 1. The summed E-state index contributed by atoms with van der Waals surface area (Å²) in [6.45, 7) is 6.88. The summed E-state index contributed by atoms with van der Waals surface area (Å²) >= 11 is 0. The van der Waals surface area contributed by atoms with Crippen LogP contribution in [-0.2, 0) is 0 Å². The van der Waals surface area contributed by atoms with Crippen LogP contribution in [-0.4, -0.2) is 24.1 Å². The highest BCUT2D eigenvalue weighted by molar-refractivity contribution is 5.83. The van der Waals surface area contributed by atoms with Crippen molar-refractivity contribution in [2.24, 2.45) is 10.9 Å². The standard InChI is InChI=1S/C23H30N2O/c1-3-14-24-16-25-17(2)23(26)20-11-8-19(9-12-20)22-13-10-18-6-4-5-7-21(18)15-22/h4-7,10,13,15-16,19-20,23,26H,2-3,8-9,11-12,14H2,1H3,(H,24,25). The van der Waals surface area contributed by atoms with Gasteiger partial charge in [0.05, 0.1) is 12.4 Å². The molecule has 1 atom stereocenters. The molecule has 1 saturated carbocycles. The van der Waals surface area contributed by atoms with Gasteiger partial charge < -0.3 is 10.4 Å². The molecule has 2 aromatic carbocycles. The summed E-state index contributed by atoms with van der Waals surface area (Å²) in [6.07, 6.45) is 6.49. The van der Waals surface area contributed by atoms with Gasteiger partial charge in [0.1, 0.15) is 0 Å². The number of fused-ring (bicyclic) bond motifs is 1. The molecule has 0 spiro atoms. The summed E-state index contributed by atoms with van der Waals surface area (Å²) in [5.41, 5.74) is 2.10. The summed E-state index contributed by atoms with van der Waals surface area (Å²) in [4.78, 5) is 4.23. The Morgan fingerprint density at radius 2 is 1.92 bits per heavy atom. The van der Waals surface area contributed by atoms with Crippen molar-refractivity contribution in [3.05, 3.63) is 60.3 Å². The molecule has 1 aliphatic carbocycles. The number of nitrogens with zero attached hydrogens (tertiary/aromatic N) is 1. The zero-order valence-corrected chi connectivity index (χ0v) is 15.7. The molecule has 0 amide bonds. The maximum absolute atomic E-state index is 10.6. The van der Waals surface area contributed by atoms with Crippen molar-refractivity contribution in [2.45, 2.75) is 51.0 Å². The van der Waals surface area contributed by atoms with Crippen LogP contribution in [0.2, 0.25) is 0 Å². The molecule has 1 aliphatic rings. The normalized spacial score (nSPS) is 21.8. The third-order valence-electron chi connectivity index (χ3n) is 5.51. The van der Waals surface area contributed by atoms with Crippen molar-refractivity contribution < 1.29 is 5.11 Å². The Labute approximate surface area is 156 Å². The number of hydrogen-bond acceptors (Lipinski definition) is 2. The third kappa shape index (κ3) is 4.53. The van der Waals surface area contributed by atoms with Gasteiger partial charge in [0.2, 0.25) is 0 Å². The van der Waals surface area contributed by atoms with Gasteiger partial charge in [0, 0.05) is 12.2 Å². The molecule has 2 aromatic rings. The molecule has 3 rings (SSSR count). The third-order valence-corrected chi connectivity index (χ3v) is 5.51. The first-order valence-corrected chi connectivity index (χ1v) is 9.79. The average molecular weight is 351 g/mol. The molecule has 0 aliphatic heterocycles. The zero-order chi connectivity index (χ0) is 18.4. The number of aliphatic imine (C=N–C) groups is 1. The quantitative estimate of drug-likeness (QED) is 0.544. The highest BCUT2D eigenvalue weighted by Crippen LogP contribution is 2.38. The van der Waals surface area contributed by atoms with Crippen LogP contribution < -0.4 is 5.32 Å². The number of rotatable bonds is 7. The second-order valence-corrected chi connectivity index (χ2v) is 7.37. The minimum atomic E-state index is -0.499. The molecule has 0 heterocycles. The lowest BCUT2D eigenvalue weighted by Gasteiger charge is -2.32. The Bertz CT molecular complexity index is 760. The molecule has 26 heavy (non-hydrogen) atoms. The Kier molecular flexibility index (Phi) is 6.45. The van der Waals surface area contributed by atoms with Gasteiger partial charge in [-0.2, -0.15) is 0 Å². The van der Waals surface area contributed by atoms with Crippen LogP contribution in [0.1, 0.15) is 50.5 Å². The second-order valence-electron chi connectivity index (χ2n) is 7.37. The van der Waals surface area contributed by atoms with E-state index in [1.807, 2.05) is 0 Å². The van der Waals surface area contributed by atoms with Crippen LogP contribution in [0.15, 0.2) is 59.7 Å². The second kappa shape index (κ2) is 9.00. The number of benzene rings is 2. The maximum Gasteiger partial charge on any atom is 0.0960 e. The first-order chi connectivity index (χ1) is 12.7. The predicted octanol–water partition coefficient (Wildman–Crippen LogP) is 5.02. The van der Waals surface area contributed by atoms with Crippen molar-refractivity contribution in [1.82, 2.24) is 5.32 Å². The van der Waals surface area contributed by atoms with Gasteiger partial charge in [-0.1, -0.05) is 56.0 Å². The predicted molar refractivity (Wildman–Crippen MR) is 111 cm³/mol. The van der Waals surface area contributed by atoms with E-state index < -0.39 is 6.10 Å². The zero-order valence-electron chi connectivity index (χ0n) is 15.7. The van der Waals surface area contributed by atoms with Crippen molar-refractivity contribution in [3.63, 3.8) is 0 Å². The largest absolute Gasteiger partial charge is 0.387 e. The molecule has 3 nitrogen and oxygen atoms in total. The topological polar surface area (TPSA) is 44.6 Å². The van der Waals surface area contributed by atoms with E-state index >= 15 is 0 Å². The fourth-order valence-electron chi connectivity index (χ4n) is 3.92. The van der Waals surface area contributed by atoms with Gasteiger partial charge in [-0.05, 0) is 60.3 Å². The van der Waals surface area contributed by atoms with Gasteiger partial charge in [0.25, 0.3) is 0 Å². The summed E-state index contributed by atoms with van der Waals surface area (Å²) in [6, 6.07) is 15.4. The van der Waals surface area contributed by atoms with E-state index in [1.165, 1.54) is 16.3 Å². The molecule has 1 unspecified atom stereocenters. The van der Waals surface area contributed by atoms with Crippen molar-refractivity contribution >= 4 is 17.1 Å². The van der Waals surface area contributed by atoms with E-state index in [2.05, 4.69) is 66.3 Å². The van der Waals surface area contributed by atoms with Gasteiger partial charge in [0.15, 0.2) is 0 Å². The van der Waals surface area contributed by atoms with Crippen LogP contribution in [0.3, 0.4) is 0 Å². The fourth-order valence-corrected chi connectivity index (χ4v) is 3.92. The first kappa shape index (κ1) is 18.7. The van der Waals surface area contributed by atoms with Gasteiger partial charge in [-0.3, -0.25) is 4.99 Å². The SMILES string of the molecule is C=C(NC=NCCC)C(O)C1CCC(c2ccc3ccccc3c2)CC1. The maximum atomic E-state index is 10.6. The fraction of sp³-hybridized carbons (Fsp3) is 0.435. The van der Waals surface area contributed by atoms with Crippen molar-refractivity contribution in [1.29, 1.82) is 0 Å². The molecule has 2 N–H and O–H groups in total. The monoisotopic (exact) mass is 350 g/mol. The molecule has 138 valence electrons. The molecule has 0 radical (unpaired) electrons. The lowest BCUT2D eigenvalue weighted by Crippen LogP contribution is -2.31. The molecule has 1 fully saturated rings. The van der Waals surface area contributed by atoms with E-state index in [9.17, 15) is 5.11 Å². The number of hydrogen-bond donors (Lipinski definition) is 2. The summed E-state index contributed by atoms with van der Waals surface area (Å²) in [7, 11) is 0. The highest BCUT2D eigenvalue weighted by atomic mass is 16.3. The van der Waals surface area contributed by atoms with Crippen molar-refractivity contribution in [3.8, 4) is 0 Å². The van der Waals surface area contributed by atoms with Crippen LogP contribution >= 0.6 is 0 Å². The summed E-state index contributed by atoms with van der Waals surface area (Å²) in [5, 5.41) is 16.2. The molecule has 0 saturated heterocycles. The molecule has 0 bridgehead atoms. The van der Waals surface area contributed by atoms with E-state index in [-0.39, 0.29) is 5.92 Å². The minimum Gasteiger partial charge on any atom is -0.387 e. The lowest BCUT2D eigenvalue weighted by atomic mass is 9.76. The molecular weight excluding hydrogens is 320 g/mol. The van der Waals surface area contributed by atoms with Gasteiger partial charge in [-0.25, -0.2) is 0 Å². The van der Waals surface area contributed by atoms with E-state index in [4.69, 9.17) is 0 Å².